The number of esters is 1. The van der Waals surface area contributed by atoms with Crippen LogP contribution in [0.5, 0.6) is 0 Å². The molecular weight excluding hydrogens is 308 g/mol. The summed E-state index contributed by atoms with van der Waals surface area (Å²) in [5.74, 6) is -1.58. The van der Waals surface area contributed by atoms with Crippen LogP contribution >= 0.6 is 0 Å². The van der Waals surface area contributed by atoms with Crippen molar-refractivity contribution in [3.05, 3.63) is 59.9 Å². The van der Waals surface area contributed by atoms with Crippen LogP contribution in [0.4, 0.5) is 0 Å². The predicted octanol–water partition coefficient (Wildman–Crippen LogP) is 3.13. The van der Waals surface area contributed by atoms with E-state index in [4.69, 9.17) is 18.9 Å². The van der Waals surface area contributed by atoms with E-state index in [1.54, 1.807) is 20.3 Å². The Kier molecular flexibility index (Phi) is 4.55. The van der Waals surface area contributed by atoms with Crippen molar-refractivity contribution < 1.29 is 23.7 Å². The fraction of sp³-hybridized carbons (Fsp3) is 0.316. The van der Waals surface area contributed by atoms with Crippen LogP contribution in [-0.4, -0.2) is 33.4 Å². The van der Waals surface area contributed by atoms with Gasteiger partial charge in [0.25, 0.3) is 0 Å². The van der Waals surface area contributed by atoms with Crippen molar-refractivity contribution in [3.8, 4) is 0 Å². The third-order valence-electron chi connectivity index (χ3n) is 4.29. The molecule has 0 radical (unpaired) electrons. The zero-order valence-electron chi connectivity index (χ0n) is 13.9. The highest BCUT2D eigenvalue weighted by atomic mass is 16.7. The van der Waals surface area contributed by atoms with Crippen molar-refractivity contribution in [2.45, 2.75) is 18.3 Å². The number of carbonyl (C=O) groups is 1. The fourth-order valence-electron chi connectivity index (χ4n) is 2.95. The number of ether oxygens (including phenoxy) is 4. The Hall–Kier alpha value is -2.37. The highest BCUT2D eigenvalue weighted by molar-refractivity contribution is 5.86. The molecule has 1 aliphatic heterocycles. The molecule has 2 atom stereocenters. The van der Waals surface area contributed by atoms with E-state index in [1.165, 1.54) is 7.11 Å². The maximum atomic E-state index is 11.9. The predicted molar refractivity (Wildman–Crippen MR) is 89.2 cm³/mol. The monoisotopic (exact) mass is 328 g/mol. The van der Waals surface area contributed by atoms with Crippen molar-refractivity contribution in [1.29, 1.82) is 0 Å². The minimum atomic E-state index is -1.11. The number of methoxy groups -OCH3 is 3. The van der Waals surface area contributed by atoms with Crippen LogP contribution < -0.4 is 0 Å². The molecular formula is C19H20O5. The Morgan fingerprint density at radius 1 is 1.12 bits per heavy atom. The van der Waals surface area contributed by atoms with Crippen LogP contribution in [0, 0.1) is 0 Å². The van der Waals surface area contributed by atoms with Gasteiger partial charge in [-0.25, -0.2) is 4.79 Å². The smallest absolute Gasteiger partial charge is 0.373 e. The van der Waals surface area contributed by atoms with Crippen molar-refractivity contribution >= 4 is 16.7 Å². The van der Waals surface area contributed by atoms with Crippen LogP contribution in [0.3, 0.4) is 0 Å². The van der Waals surface area contributed by atoms with E-state index < -0.39 is 11.8 Å². The fourth-order valence-corrected chi connectivity index (χ4v) is 2.95. The first-order valence-electron chi connectivity index (χ1n) is 7.68. The van der Waals surface area contributed by atoms with Crippen LogP contribution in [0.2, 0.25) is 0 Å². The van der Waals surface area contributed by atoms with E-state index in [0.717, 1.165) is 16.3 Å². The lowest BCUT2D eigenvalue weighted by molar-refractivity contribution is -0.235. The summed E-state index contributed by atoms with van der Waals surface area (Å²) < 4.78 is 21.9. The highest BCUT2D eigenvalue weighted by Gasteiger charge is 2.43. The summed E-state index contributed by atoms with van der Waals surface area (Å²) in [6.45, 7) is 0. The molecule has 2 aromatic carbocycles. The molecule has 0 N–H and O–H groups in total. The Balaban J connectivity index is 2.06. The number of rotatable bonds is 4. The minimum Gasteiger partial charge on any atom is -0.463 e. The molecule has 5 nitrogen and oxygen atoms in total. The summed E-state index contributed by atoms with van der Waals surface area (Å²) >= 11 is 0. The van der Waals surface area contributed by atoms with Gasteiger partial charge in [-0.3, -0.25) is 0 Å². The third-order valence-corrected chi connectivity index (χ3v) is 4.29. The maximum absolute atomic E-state index is 11.9. The molecule has 5 heteroatoms. The lowest BCUT2D eigenvalue weighted by atomic mass is 9.94. The summed E-state index contributed by atoms with van der Waals surface area (Å²) in [6.07, 6.45) is 1.72. The number of hydrogen-bond acceptors (Lipinski definition) is 5. The van der Waals surface area contributed by atoms with Crippen molar-refractivity contribution in [2.75, 3.05) is 21.3 Å². The van der Waals surface area contributed by atoms with E-state index in [9.17, 15) is 4.79 Å². The molecule has 126 valence electrons. The van der Waals surface area contributed by atoms with Gasteiger partial charge in [0.2, 0.25) is 11.5 Å². The van der Waals surface area contributed by atoms with E-state index in [1.807, 2.05) is 42.5 Å². The molecule has 0 aromatic heterocycles. The number of benzene rings is 2. The first-order chi connectivity index (χ1) is 11.6. The highest BCUT2D eigenvalue weighted by Crippen LogP contribution is 2.39. The number of carbonyl (C=O) groups excluding carboxylic acids is 1. The molecule has 0 saturated carbocycles. The second kappa shape index (κ2) is 6.63. The molecule has 1 aliphatic rings. The van der Waals surface area contributed by atoms with Gasteiger partial charge in [0.05, 0.1) is 13.2 Å². The summed E-state index contributed by atoms with van der Waals surface area (Å²) in [7, 11) is 4.46. The summed E-state index contributed by atoms with van der Waals surface area (Å²) in [5.41, 5.74) is 0.820. The first-order valence-corrected chi connectivity index (χ1v) is 7.68. The van der Waals surface area contributed by atoms with Gasteiger partial charge in [-0.2, -0.15) is 0 Å². The zero-order valence-corrected chi connectivity index (χ0v) is 13.9. The van der Waals surface area contributed by atoms with Gasteiger partial charge >= 0.3 is 5.97 Å². The third kappa shape index (κ3) is 2.88. The second-order valence-electron chi connectivity index (χ2n) is 5.62. The largest absolute Gasteiger partial charge is 0.463 e. The van der Waals surface area contributed by atoms with E-state index >= 15 is 0 Å². The van der Waals surface area contributed by atoms with Gasteiger partial charge in [-0.15, -0.1) is 0 Å². The molecule has 3 rings (SSSR count). The SMILES string of the molecule is COC(=O)C1=C[C@H](OC)C[C@@](OC)(c2ccc3ccccc3c2)O1. The van der Waals surface area contributed by atoms with Crippen molar-refractivity contribution in [3.63, 3.8) is 0 Å². The normalized spacial score (nSPS) is 23.5. The molecule has 0 aliphatic carbocycles. The van der Waals surface area contributed by atoms with Crippen LogP contribution in [0.15, 0.2) is 54.3 Å². The molecule has 0 fully saturated rings. The summed E-state index contributed by atoms with van der Waals surface area (Å²) in [5, 5.41) is 2.19. The number of hydrogen-bond donors (Lipinski definition) is 0. The molecule has 0 unspecified atom stereocenters. The summed E-state index contributed by atoms with van der Waals surface area (Å²) in [4.78, 5) is 11.9. The molecule has 0 amide bonds. The Morgan fingerprint density at radius 2 is 1.88 bits per heavy atom. The average molecular weight is 328 g/mol. The quantitative estimate of drug-likeness (QED) is 0.807. The summed E-state index contributed by atoms with van der Waals surface area (Å²) in [6, 6.07) is 14.0. The minimum absolute atomic E-state index is 0.0885. The zero-order chi connectivity index (χ0) is 17.2. The standard InChI is InChI=1S/C19H20O5/c1-21-16-11-17(18(20)22-2)24-19(12-16,23-3)15-9-8-13-6-4-5-7-14(13)10-15/h4-11,16H,12H2,1-3H3/t16-,19-/m0/s1. The topological polar surface area (TPSA) is 54.0 Å². The van der Waals surface area contributed by atoms with E-state index in [2.05, 4.69) is 0 Å². The molecule has 2 aromatic rings. The van der Waals surface area contributed by atoms with Gasteiger partial charge in [0.15, 0.2) is 0 Å². The van der Waals surface area contributed by atoms with Crippen molar-refractivity contribution in [1.82, 2.24) is 0 Å². The van der Waals surface area contributed by atoms with Gasteiger partial charge < -0.3 is 18.9 Å². The molecule has 1 heterocycles. The maximum Gasteiger partial charge on any atom is 0.373 e. The van der Waals surface area contributed by atoms with E-state index in [0.29, 0.717) is 6.42 Å². The van der Waals surface area contributed by atoms with Crippen LogP contribution in [0.25, 0.3) is 10.8 Å². The van der Waals surface area contributed by atoms with Crippen molar-refractivity contribution in [2.24, 2.45) is 0 Å². The van der Waals surface area contributed by atoms with Gasteiger partial charge in [0, 0.05) is 26.2 Å². The van der Waals surface area contributed by atoms with Crippen LogP contribution in [0.1, 0.15) is 12.0 Å². The lowest BCUT2D eigenvalue weighted by Gasteiger charge is -2.38. The first kappa shape index (κ1) is 16.5. The Morgan fingerprint density at radius 3 is 2.54 bits per heavy atom. The molecule has 24 heavy (non-hydrogen) atoms. The average Bonchev–Trinajstić information content (AvgIpc) is 2.66. The number of fused-ring (bicyclic) bond motifs is 1. The molecule has 0 spiro atoms. The molecule has 0 bridgehead atoms. The van der Waals surface area contributed by atoms with Gasteiger partial charge in [-0.05, 0) is 22.9 Å². The van der Waals surface area contributed by atoms with Crippen LogP contribution in [-0.2, 0) is 29.5 Å². The second-order valence-corrected chi connectivity index (χ2v) is 5.62. The van der Waals surface area contributed by atoms with Gasteiger partial charge in [0.1, 0.15) is 0 Å². The Labute approximate surface area is 140 Å². The Bertz CT molecular complexity index is 782. The van der Waals surface area contributed by atoms with E-state index in [-0.39, 0.29) is 11.9 Å². The molecule has 0 saturated heterocycles. The lowest BCUT2D eigenvalue weighted by Crippen LogP contribution is -2.40. The van der Waals surface area contributed by atoms with Gasteiger partial charge in [-0.1, -0.05) is 36.4 Å².